The van der Waals surface area contributed by atoms with E-state index < -0.39 is 40.7 Å². The second kappa shape index (κ2) is 6.60. The van der Waals surface area contributed by atoms with Gasteiger partial charge >= 0.3 is 0 Å². The number of carbonyl (C=O) groups is 3. The highest BCUT2D eigenvalue weighted by molar-refractivity contribution is 6.24. The zero-order valence-corrected chi connectivity index (χ0v) is 16.9. The molecule has 4 atom stereocenters. The van der Waals surface area contributed by atoms with Crippen LogP contribution in [0.1, 0.15) is 29.7 Å². The number of rotatable bonds is 3. The summed E-state index contributed by atoms with van der Waals surface area (Å²) in [6.45, 7) is 3.12. The van der Waals surface area contributed by atoms with Gasteiger partial charge in [-0.1, -0.05) is 30.3 Å². The Kier molecular flexibility index (Phi) is 4.08. The molecule has 8 heteroatoms. The molecule has 3 heterocycles. The molecule has 0 spiro atoms. The SMILES string of the molecule is CC(=O)[C@@H]1[C@@H]2C(=O)N(c3cc([N+](=O)[O-])ccc3C)C(=O)[C@@H]2[C@@H]2c3ccccc3C=CN12. The van der Waals surface area contributed by atoms with Gasteiger partial charge in [-0.25, -0.2) is 4.90 Å². The predicted molar refractivity (Wildman–Crippen MR) is 112 cm³/mol. The van der Waals surface area contributed by atoms with Gasteiger partial charge in [0.1, 0.15) is 0 Å². The van der Waals surface area contributed by atoms with E-state index in [1.54, 1.807) is 13.1 Å². The Morgan fingerprint density at radius 2 is 1.77 bits per heavy atom. The van der Waals surface area contributed by atoms with Crippen LogP contribution in [0.3, 0.4) is 0 Å². The van der Waals surface area contributed by atoms with Crippen molar-refractivity contribution in [3.8, 4) is 0 Å². The van der Waals surface area contributed by atoms with Crippen LogP contribution in [0.5, 0.6) is 0 Å². The molecule has 3 aliphatic rings. The zero-order chi connectivity index (χ0) is 22.0. The monoisotopic (exact) mass is 417 g/mol. The highest BCUT2D eigenvalue weighted by atomic mass is 16.6. The average Bonchev–Trinajstić information content (AvgIpc) is 3.21. The third kappa shape index (κ3) is 2.57. The van der Waals surface area contributed by atoms with E-state index in [0.717, 1.165) is 16.0 Å². The molecule has 0 bridgehead atoms. The molecule has 0 radical (unpaired) electrons. The van der Waals surface area contributed by atoms with Gasteiger partial charge in [-0.3, -0.25) is 24.5 Å². The van der Waals surface area contributed by atoms with Gasteiger partial charge in [0.2, 0.25) is 11.8 Å². The van der Waals surface area contributed by atoms with Crippen molar-refractivity contribution in [1.29, 1.82) is 0 Å². The summed E-state index contributed by atoms with van der Waals surface area (Å²) in [6, 6.07) is 10.5. The summed E-state index contributed by atoms with van der Waals surface area (Å²) in [5, 5.41) is 11.3. The standard InChI is InChI=1S/C23H19N3O5/c1-12-7-8-15(26(30)31)11-17(12)25-22(28)18-19(23(25)29)21-16-6-4-3-5-14(16)9-10-24(21)20(18)13(2)27/h3-11,18-21H,1-2H3/t18-,19+,20-,21+/m1/s1. The van der Waals surface area contributed by atoms with Crippen LogP contribution >= 0.6 is 0 Å². The Balaban J connectivity index is 1.66. The van der Waals surface area contributed by atoms with Gasteiger partial charge in [-0.15, -0.1) is 0 Å². The van der Waals surface area contributed by atoms with Gasteiger partial charge in [0, 0.05) is 18.3 Å². The van der Waals surface area contributed by atoms with E-state index in [0.29, 0.717) is 5.56 Å². The number of nitrogens with zero attached hydrogens (tertiary/aromatic N) is 3. The highest BCUT2D eigenvalue weighted by Gasteiger charge is 2.64. The number of ketones is 1. The van der Waals surface area contributed by atoms with Crippen LogP contribution in [-0.4, -0.2) is 33.5 Å². The van der Waals surface area contributed by atoms with Gasteiger partial charge in [0.25, 0.3) is 5.69 Å². The van der Waals surface area contributed by atoms with Crippen LogP contribution in [0.25, 0.3) is 6.08 Å². The topological polar surface area (TPSA) is 101 Å². The smallest absolute Gasteiger partial charge is 0.271 e. The molecule has 0 unspecified atom stereocenters. The molecule has 2 aromatic carbocycles. The summed E-state index contributed by atoms with van der Waals surface area (Å²) in [5.41, 5.74) is 2.41. The zero-order valence-electron chi connectivity index (χ0n) is 16.9. The lowest BCUT2D eigenvalue weighted by molar-refractivity contribution is -0.384. The number of non-ortho nitro benzene ring substituents is 1. The number of fused-ring (bicyclic) bond motifs is 5. The van der Waals surface area contributed by atoms with Crippen LogP contribution in [0.4, 0.5) is 11.4 Å². The summed E-state index contributed by atoms with van der Waals surface area (Å²) in [7, 11) is 0. The number of imide groups is 1. The molecule has 2 aromatic rings. The summed E-state index contributed by atoms with van der Waals surface area (Å²) >= 11 is 0. The third-order valence-corrected chi connectivity index (χ3v) is 6.52. The molecule has 156 valence electrons. The van der Waals surface area contributed by atoms with Gasteiger partial charge in [-0.2, -0.15) is 0 Å². The van der Waals surface area contributed by atoms with Crippen LogP contribution < -0.4 is 4.90 Å². The Labute approximate surface area is 177 Å². The molecule has 0 aliphatic carbocycles. The second-order valence-electron chi connectivity index (χ2n) is 8.18. The molecule has 3 aliphatic heterocycles. The van der Waals surface area contributed by atoms with Crippen LogP contribution in [0.15, 0.2) is 48.7 Å². The van der Waals surface area contributed by atoms with E-state index in [4.69, 9.17) is 0 Å². The summed E-state index contributed by atoms with van der Waals surface area (Å²) in [6.07, 6.45) is 3.68. The molecular weight excluding hydrogens is 398 g/mol. The fourth-order valence-corrected chi connectivity index (χ4v) is 5.21. The number of hydrogen-bond donors (Lipinski definition) is 0. The molecule has 0 saturated carbocycles. The van der Waals surface area contributed by atoms with Crippen molar-refractivity contribution in [2.45, 2.75) is 25.9 Å². The van der Waals surface area contributed by atoms with E-state index in [9.17, 15) is 24.5 Å². The van der Waals surface area contributed by atoms with Crippen molar-refractivity contribution in [3.63, 3.8) is 0 Å². The molecule has 2 saturated heterocycles. The fourth-order valence-electron chi connectivity index (χ4n) is 5.21. The van der Waals surface area contributed by atoms with E-state index in [2.05, 4.69) is 0 Å². The first kappa shape index (κ1) is 19.2. The first-order valence-corrected chi connectivity index (χ1v) is 9.99. The lowest BCUT2D eigenvalue weighted by Crippen LogP contribution is -2.43. The Morgan fingerprint density at radius 3 is 2.48 bits per heavy atom. The van der Waals surface area contributed by atoms with Crippen molar-refractivity contribution in [1.82, 2.24) is 4.90 Å². The van der Waals surface area contributed by atoms with Crippen molar-refractivity contribution >= 4 is 35.0 Å². The Morgan fingerprint density at radius 1 is 1.06 bits per heavy atom. The van der Waals surface area contributed by atoms with Gasteiger partial charge in [0.05, 0.1) is 34.5 Å². The number of aryl methyl sites for hydroxylation is 1. The average molecular weight is 417 g/mol. The molecule has 2 fully saturated rings. The maximum absolute atomic E-state index is 13.6. The van der Waals surface area contributed by atoms with Gasteiger partial charge < -0.3 is 4.90 Å². The Bertz CT molecular complexity index is 1200. The molecule has 0 N–H and O–H groups in total. The number of nitro groups is 1. The Hall–Kier alpha value is -3.81. The molecule has 2 amide bonds. The maximum atomic E-state index is 13.6. The number of Topliss-reactive ketones (excluding diaryl/α,β-unsaturated/α-hetero) is 1. The van der Waals surface area contributed by atoms with Gasteiger partial charge in [-0.05, 0) is 36.6 Å². The molecule has 8 nitrogen and oxygen atoms in total. The highest BCUT2D eigenvalue weighted by Crippen LogP contribution is 2.53. The first-order valence-electron chi connectivity index (χ1n) is 9.99. The molecular formula is C23H19N3O5. The predicted octanol–water partition coefficient (Wildman–Crippen LogP) is 3.01. The molecule has 31 heavy (non-hydrogen) atoms. The first-order chi connectivity index (χ1) is 14.8. The quantitative estimate of drug-likeness (QED) is 0.432. The number of hydrogen-bond acceptors (Lipinski definition) is 6. The number of anilines is 1. The van der Waals surface area contributed by atoms with Crippen molar-refractivity contribution in [3.05, 3.63) is 75.5 Å². The van der Waals surface area contributed by atoms with Crippen molar-refractivity contribution < 1.29 is 19.3 Å². The number of benzene rings is 2. The maximum Gasteiger partial charge on any atom is 0.271 e. The normalized spacial score (nSPS) is 26.0. The van der Waals surface area contributed by atoms with Crippen LogP contribution in [0, 0.1) is 28.9 Å². The minimum Gasteiger partial charge on any atom is -0.359 e. The summed E-state index contributed by atoms with van der Waals surface area (Å²) in [4.78, 5) is 53.4. The van der Waals surface area contributed by atoms with Crippen LogP contribution in [-0.2, 0) is 14.4 Å². The van der Waals surface area contributed by atoms with E-state index in [1.807, 2.05) is 35.2 Å². The second-order valence-corrected chi connectivity index (χ2v) is 8.18. The minimum absolute atomic E-state index is 0.194. The lowest BCUT2D eigenvalue weighted by atomic mass is 9.84. The molecule has 5 rings (SSSR count). The molecule has 0 aromatic heterocycles. The summed E-state index contributed by atoms with van der Waals surface area (Å²) in [5.74, 6) is -2.70. The number of amides is 2. The van der Waals surface area contributed by atoms with Crippen molar-refractivity contribution in [2.75, 3.05) is 4.90 Å². The number of carbonyl (C=O) groups excluding carboxylic acids is 3. The minimum atomic E-state index is -0.843. The van der Waals surface area contributed by atoms with E-state index in [1.165, 1.54) is 25.1 Å². The van der Waals surface area contributed by atoms with E-state index in [-0.39, 0.29) is 17.2 Å². The fraction of sp³-hybridized carbons (Fsp3) is 0.261. The van der Waals surface area contributed by atoms with Crippen molar-refractivity contribution in [2.24, 2.45) is 11.8 Å². The van der Waals surface area contributed by atoms with Gasteiger partial charge in [0.15, 0.2) is 5.78 Å². The number of nitro benzene ring substituents is 1. The lowest BCUT2D eigenvalue weighted by Gasteiger charge is -2.35. The largest absolute Gasteiger partial charge is 0.359 e. The van der Waals surface area contributed by atoms with E-state index >= 15 is 0 Å². The van der Waals surface area contributed by atoms with Crippen LogP contribution in [0.2, 0.25) is 0 Å². The third-order valence-electron chi connectivity index (χ3n) is 6.52. The summed E-state index contributed by atoms with van der Waals surface area (Å²) < 4.78 is 0.